The largest absolute Gasteiger partial charge is 0.481 e. The lowest BCUT2D eigenvalue weighted by molar-refractivity contribution is 0.391. The summed E-state index contributed by atoms with van der Waals surface area (Å²) in [7, 11) is 3.37. The number of methoxy groups -OCH3 is 1. The molecule has 1 heterocycles. The predicted octanol–water partition coefficient (Wildman–Crippen LogP) is 1.55. The first-order valence-corrected chi connectivity index (χ1v) is 5.93. The summed E-state index contributed by atoms with van der Waals surface area (Å²) in [6.07, 6.45) is 1.71. The molecule has 0 aliphatic carbocycles. The number of aromatic nitrogens is 1. The highest BCUT2D eigenvalue weighted by Crippen LogP contribution is 2.12. The molecule has 5 nitrogen and oxygen atoms in total. The van der Waals surface area contributed by atoms with Crippen molar-refractivity contribution in [3.05, 3.63) is 23.9 Å². The third kappa shape index (κ3) is 4.61. The van der Waals surface area contributed by atoms with Crippen molar-refractivity contribution in [2.45, 2.75) is 32.9 Å². The highest BCUT2D eigenvalue weighted by molar-refractivity contribution is 5.80. The molecule has 0 spiro atoms. The Morgan fingerprint density at radius 2 is 2.17 bits per heavy atom. The summed E-state index contributed by atoms with van der Waals surface area (Å²) in [5, 5.41) is 6.53. The molecule has 2 N–H and O–H groups in total. The van der Waals surface area contributed by atoms with Gasteiger partial charge in [0.05, 0.1) is 7.11 Å². The zero-order valence-electron chi connectivity index (χ0n) is 11.7. The quantitative estimate of drug-likeness (QED) is 0.631. The summed E-state index contributed by atoms with van der Waals surface area (Å²) in [5.74, 6) is 1.39. The Hall–Kier alpha value is -1.78. The maximum atomic E-state index is 5.20. The zero-order chi connectivity index (χ0) is 13.6. The van der Waals surface area contributed by atoms with Gasteiger partial charge in [-0.3, -0.25) is 4.99 Å². The van der Waals surface area contributed by atoms with Gasteiger partial charge in [0.25, 0.3) is 0 Å². The number of aliphatic imine (C=N–C) groups is 1. The number of guanidine groups is 1. The van der Waals surface area contributed by atoms with E-state index in [9.17, 15) is 0 Å². The second-order valence-electron chi connectivity index (χ2n) is 4.97. The SMILES string of the molecule is CN=C(NCc1cccnc1OC)NC(C)(C)C. The van der Waals surface area contributed by atoms with Crippen LogP contribution in [0.5, 0.6) is 5.88 Å². The lowest BCUT2D eigenvalue weighted by Crippen LogP contribution is -2.47. The molecular formula is C13H22N4O. The van der Waals surface area contributed by atoms with Crippen molar-refractivity contribution in [3.63, 3.8) is 0 Å². The smallest absolute Gasteiger partial charge is 0.218 e. The van der Waals surface area contributed by atoms with Crippen LogP contribution in [0.4, 0.5) is 0 Å². The maximum absolute atomic E-state index is 5.20. The highest BCUT2D eigenvalue weighted by Gasteiger charge is 2.12. The van der Waals surface area contributed by atoms with E-state index >= 15 is 0 Å². The van der Waals surface area contributed by atoms with Crippen molar-refractivity contribution in [3.8, 4) is 5.88 Å². The Morgan fingerprint density at radius 1 is 1.44 bits per heavy atom. The fraction of sp³-hybridized carbons (Fsp3) is 0.538. The molecule has 5 heteroatoms. The molecule has 0 fully saturated rings. The van der Waals surface area contributed by atoms with Gasteiger partial charge in [0.1, 0.15) is 0 Å². The molecule has 0 aliphatic rings. The van der Waals surface area contributed by atoms with Gasteiger partial charge in [0.15, 0.2) is 5.96 Å². The standard InChI is InChI=1S/C13H22N4O/c1-13(2,3)17-12(14-4)16-9-10-7-6-8-15-11(10)18-5/h6-8H,9H2,1-5H3,(H2,14,16,17). The van der Waals surface area contributed by atoms with E-state index in [1.807, 2.05) is 12.1 Å². The lowest BCUT2D eigenvalue weighted by atomic mass is 10.1. The van der Waals surface area contributed by atoms with Crippen molar-refractivity contribution < 1.29 is 4.74 Å². The first-order chi connectivity index (χ1) is 8.46. The molecule has 0 radical (unpaired) electrons. The molecule has 0 saturated carbocycles. The number of ether oxygens (including phenoxy) is 1. The minimum absolute atomic E-state index is 0.0269. The Kier molecular flexibility index (Phi) is 4.95. The van der Waals surface area contributed by atoms with Crippen LogP contribution < -0.4 is 15.4 Å². The van der Waals surface area contributed by atoms with Crippen LogP contribution in [-0.4, -0.2) is 30.6 Å². The van der Waals surface area contributed by atoms with Crippen LogP contribution in [0.3, 0.4) is 0 Å². The van der Waals surface area contributed by atoms with E-state index in [2.05, 4.69) is 41.4 Å². The lowest BCUT2D eigenvalue weighted by Gasteiger charge is -2.23. The number of nitrogens with zero attached hydrogens (tertiary/aromatic N) is 2. The van der Waals surface area contributed by atoms with E-state index in [0.717, 1.165) is 11.5 Å². The summed E-state index contributed by atoms with van der Waals surface area (Å²) >= 11 is 0. The second-order valence-corrected chi connectivity index (χ2v) is 4.97. The van der Waals surface area contributed by atoms with Gasteiger partial charge in [0.2, 0.25) is 5.88 Å². The molecule has 0 aliphatic heterocycles. The van der Waals surface area contributed by atoms with Gasteiger partial charge >= 0.3 is 0 Å². The first kappa shape index (κ1) is 14.3. The topological polar surface area (TPSA) is 58.5 Å². The van der Waals surface area contributed by atoms with Gasteiger partial charge < -0.3 is 15.4 Å². The Bertz CT molecular complexity index is 410. The average molecular weight is 250 g/mol. The predicted molar refractivity (Wildman–Crippen MR) is 73.9 cm³/mol. The average Bonchev–Trinajstić information content (AvgIpc) is 2.33. The Morgan fingerprint density at radius 3 is 2.72 bits per heavy atom. The summed E-state index contributed by atoms with van der Waals surface area (Å²) in [6.45, 7) is 6.88. The number of hydrogen-bond donors (Lipinski definition) is 2. The van der Waals surface area contributed by atoms with Crippen LogP contribution in [0, 0.1) is 0 Å². The van der Waals surface area contributed by atoms with E-state index < -0.39 is 0 Å². The third-order valence-corrected chi connectivity index (χ3v) is 2.21. The zero-order valence-corrected chi connectivity index (χ0v) is 11.7. The molecule has 0 saturated heterocycles. The molecule has 0 amide bonds. The minimum atomic E-state index is -0.0269. The molecule has 1 aromatic rings. The summed E-state index contributed by atoms with van der Waals surface area (Å²) < 4.78 is 5.20. The summed E-state index contributed by atoms with van der Waals surface area (Å²) in [5.41, 5.74) is 0.970. The molecule has 1 aromatic heterocycles. The van der Waals surface area contributed by atoms with Crippen LogP contribution in [-0.2, 0) is 6.54 Å². The molecule has 0 atom stereocenters. The highest BCUT2D eigenvalue weighted by atomic mass is 16.5. The van der Waals surface area contributed by atoms with Gasteiger partial charge in [-0.2, -0.15) is 0 Å². The molecule has 1 rings (SSSR count). The molecule has 0 bridgehead atoms. The Balaban J connectivity index is 2.63. The fourth-order valence-corrected chi connectivity index (χ4v) is 1.46. The van der Waals surface area contributed by atoms with E-state index in [1.54, 1.807) is 20.4 Å². The second kappa shape index (κ2) is 6.23. The van der Waals surface area contributed by atoms with Crippen molar-refractivity contribution in [1.29, 1.82) is 0 Å². The van der Waals surface area contributed by atoms with Crippen LogP contribution >= 0.6 is 0 Å². The van der Waals surface area contributed by atoms with Gasteiger partial charge in [-0.1, -0.05) is 6.07 Å². The van der Waals surface area contributed by atoms with Crippen LogP contribution in [0.25, 0.3) is 0 Å². The Labute approximate surface area is 109 Å². The first-order valence-electron chi connectivity index (χ1n) is 5.93. The number of nitrogens with one attached hydrogen (secondary N) is 2. The monoisotopic (exact) mass is 250 g/mol. The van der Waals surface area contributed by atoms with E-state index in [-0.39, 0.29) is 5.54 Å². The van der Waals surface area contributed by atoms with Gasteiger partial charge in [-0.05, 0) is 26.8 Å². The van der Waals surface area contributed by atoms with Crippen molar-refractivity contribution >= 4 is 5.96 Å². The number of rotatable bonds is 3. The van der Waals surface area contributed by atoms with Crippen molar-refractivity contribution in [2.24, 2.45) is 4.99 Å². The van der Waals surface area contributed by atoms with Gasteiger partial charge in [0, 0.05) is 30.9 Å². The number of hydrogen-bond acceptors (Lipinski definition) is 3. The van der Waals surface area contributed by atoms with Crippen LogP contribution in [0.15, 0.2) is 23.3 Å². The van der Waals surface area contributed by atoms with E-state index in [4.69, 9.17) is 4.74 Å². The summed E-state index contributed by atoms with van der Waals surface area (Å²) in [4.78, 5) is 8.33. The molecular weight excluding hydrogens is 228 g/mol. The fourth-order valence-electron chi connectivity index (χ4n) is 1.46. The molecule has 18 heavy (non-hydrogen) atoms. The molecule has 0 unspecified atom stereocenters. The molecule has 100 valence electrons. The minimum Gasteiger partial charge on any atom is -0.481 e. The van der Waals surface area contributed by atoms with Crippen molar-refractivity contribution in [2.75, 3.05) is 14.2 Å². The number of pyridine rings is 1. The maximum Gasteiger partial charge on any atom is 0.218 e. The van der Waals surface area contributed by atoms with Gasteiger partial charge in [-0.15, -0.1) is 0 Å². The van der Waals surface area contributed by atoms with E-state index in [1.165, 1.54) is 0 Å². The third-order valence-electron chi connectivity index (χ3n) is 2.21. The van der Waals surface area contributed by atoms with Crippen molar-refractivity contribution in [1.82, 2.24) is 15.6 Å². The van der Waals surface area contributed by atoms with Gasteiger partial charge in [-0.25, -0.2) is 4.98 Å². The molecule has 0 aromatic carbocycles. The van der Waals surface area contributed by atoms with E-state index in [0.29, 0.717) is 12.4 Å². The summed E-state index contributed by atoms with van der Waals surface area (Å²) in [6, 6.07) is 3.86. The normalized spacial score (nSPS) is 12.2. The van der Waals surface area contributed by atoms with Crippen LogP contribution in [0.2, 0.25) is 0 Å². The van der Waals surface area contributed by atoms with Crippen LogP contribution in [0.1, 0.15) is 26.3 Å².